The van der Waals surface area contributed by atoms with Crippen LogP contribution in [0.4, 0.5) is 0 Å². The van der Waals surface area contributed by atoms with Gasteiger partial charge in [-0.1, -0.05) is 18.5 Å². The van der Waals surface area contributed by atoms with Crippen molar-refractivity contribution in [1.82, 2.24) is 0 Å². The largest absolute Gasteiger partial charge is 0.117 e. The topological polar surface area (TPSA) is 0 Å². The number of allylic oxidation sites excluding steroid dienone is 1. The molecule has 0 radical (unpaired) electrons. The maximum absolute atomic E-state index is 5.78. The smallest absolute Gasteiger partial charge is 0.0713 e. The van der Waals surface area contributed by atoms with Crippen LogP contribution in [0.3, 0.4) is 0 Å². The molecule has 8 heavy (non-hydrogen) atoms. The van der Waals surface area contributed by atoms with E-state index in [1.807, 2.05) is 6.08 Å². The summed E-state index contributed by atoms with van der Waals surface area (Å²) in [6, 6.07) is 0. The zero-order chi connectivity index (χ0) is 6.15. The average molecular weight is 169 g/mol. The molecule has 0 nitrogen and oxygen atoms in total. The number of thioether (sulfide) groups is 1. The van der Waals surface area contributed by atoms with Crippen LogP contribution in [0.15, 0.2) is 10.4 Å². The number of hydrogen-bond acceptors (Lipinski definition) is 1. The van der Waals surface area contributed by atoms with E-state index in [-0.39, 0.29) is 5.38 Å². The van der Waals surface area contributed by atoms with Gasteiger partial charge in [-0.3, -0.25) is 0 Å². The molecule has 3 heteroatoms. The molecule has 0 amide bonds. The Kier molecular flexibility index (Phi) is 2.13. The third kappa shape index (κ3) is 1.34. The van der Waals surface area contributed by atoms with E-state index in [0.29, 0.717) is 5.25 Å². The second kappa shape index (κ2) is 2.51. The van der Waals surface area contributed by atoms with Gasteiger partial charge in [0.25, 0.3) is 0 Å². The standard InChI is InChI=1S/C5H6Cl2S/c1-3-4(6)2-5(7)8-3/h2-4H,1H3. The maximum Gasteiger partial charge on any atom is 0.0713 e. The monoisotopic (exact) mass is 168 g/mol. The lowest BCUT2D eigenvalue weighted by molar-refractivity contribution is 1.01. The molecule has 1 rings (SSSR count). The molecule has 1 heterocycles. The fourth-order valence-electron chi connectivity index (χ4n) is 0.543. The van der Waals surface area contributed by atoms with Crippen LogP contribution in [0, 0.1) is 0 Å². The SMILES string of the molecule is CC1SC(Cl)=CC1Cl. The molecule has 46 valence electrons. The highest BCUT2D eigenvalue weighted by molar-refractivity contribution is 8.05. The van der Waals surface area contributed by atoms with E-state index in [0.717, 1.165) is 4.36 Å². The van der Waals surface area contributed by atoms with Gasteiger partial charge >= 0.3 is 0 Å². The van der Waals surface area contributed by atoms with Gasteiger partial charge in [-0.25, -0.2) is 0 Å². The Morgan fingerprint density at radius 3 is 2.50 bits per heavy atom. The molecule has 0 bridgehead atoms. The minimum atomic E-state index is 0.132. The number of halogens is 2. The molecular weight excluding hydrogens is 163 g/mol. The molecular formula is C5H6Cl2S. The van der Waals surface area contributed by atoms with Crippen LogP contribution in [0.1, 0.15) is 6.92 Å². The van der Waals surface area contributed by atoms with Crippen LogP contribution in [0.25, 0.3) is 0 Å². The van der Waals surface area contributed by atoms with Crippen LogP contribution >= 0.6 is 35.0 Å². The molecule has 0 spiro atoms. The molecule has 0 saturated heterocycles. The normalized spacial score (nSPS) is 37.6. The summed E-state index contributed by atoms with van der Waals surface area (Å²) in [6.45, 7) is 2.06. The Balaban J connectivity index is 2.56. The van der Waals surface area contributed by atoms with Gasteiger partial charge in [0.15, 0.2) is 0 Å². The first-order valence-corrected chi connectivity index (χ1v) is 4.07. The minimum Gasteiger partial charge on any atom is -0.117 e. The fourth-order valence-corrected chi connectivity index (χ4v) is 2.31. The Bertz CT molecular complexity index is 122. The number of hydrogen-bond donors (Lipinski definition) is 0. The minimum absolute atomic E-state index is 0.132. The molecule has 0 saturated carbocycles. The second-order valence-corrected chi connectivity index (χ2v) is 4.29. The highest BCUT2D eigenvalue weighted by Gasteiger charge is 2.20. The van der Waals surface area contributed by atoms with Crippen molar-refractivity contribution in [1.29, 1.82) is 0 Å². The molecule has 1 aliphatic rings. The lowest BCUT2D eigenvalue weighted by atomic mass is 10.3. The highest BCUT2D eigenvalue weighted by atomic mass is 35.5. The first-order valence-electron chi connectivity index (χ1n) is 2.38. The Labute approximate surface area is 63.2 Å². The number of alkyl halides is 1. The zero-order valence-corrected chi connectivity index (χ0v) is 6.72. The van der Waals surface area contributed by atoms with Gasteiger partial charge in [-0.15, -0.1) is 23.4 Å². The van der Waals surface area contributed by atoms with Gasteiger partial charge in [-0.2, -0.15) is 0 Å². The van der Waals surface area contributed by atoms with Crippen molar-refractivity contribution >= 4 is 35.0 Å². The van der Waals surface area contributed by atoms with E-state index < -0.39 is 0 Å². The summed E-state index contributed by atoms with van der Waals surface area (Å²) < 4.78 is 0.831. The first-order chi connectivity index (χ1) is 3.70. The first kappa shape index (κ1) is 6.79. The summed E-state index contributed by atoms with van der Waals surface area (Å²) >= 11 is 13.0. The van der Waals surface area contributed by atoms with Crippen molar-refractivity contribution in [2.45, 2.75) is 17.6 Å². The van der Waals surface area contributed by atoms with E-state index in [4.69, 9.17) is 23.2 Å². The van der Waals surface area contributed by atoms with E-state index in [1.54, 1.807) is 11.8 Å². The van der Waals surface area contributed by atoms with Crippen LogP contribution in [-0.2, 0) is 0 Å². The molecule has 0 fully saturated rings. The Morgan fingerprint density at radius 1 is 1.75 bits per heavy atom. The molecule has 2 atom stereocenters. The Hall–Kier alpha value is 0.670. The second-order valence-electron chi connectivity index (χ2n) is 1.74. The lowest BCUT2D eigenvalue weighted by Crippen LogP contribution is -2.03. The van der Waals surface area contributed by atoms with Crippen LogP contribution < -0.4 is 0 Å². The third-order valence-electron chi connectivity index (χ3n) is 1.04. The summed E-state index contributed by atoms with van der Waals surface area (Å²) in [5.74, 6) is 0. The van der Waals surface area contributed by atoms with Gasteiger partial charge in [0.05, 0.1) is 9.74 Å². The van der Waals surface area contributed by atoms with E-state index >= 15 is 0 Å². The molecule has 2 unspecified atom stereocenters. The van der Waals surface area contributed by atoms with Crippen molar-refractivity contribution < 1.29 is 0 Å². The van der Waals surface area contributed by atoms with Crippen molar-refractivity contribution in [3.8, 4) is 0 Å². The highest BCUT2D eigenvalue weighted by Crippen LogP contribution is 2.36. The quantitative estimate of drug-likeness (QED) is 0.502. The molecule has 0 aliphatic carbocycles. The maximum atomic E-state index is 5.78. The Morgan fingerprint density at radius 2 is 2.38 bits per heavy atom. The van der Waals surface area contributed by atoms with Gasteiger partial charge in [-0.05, 0) is 6.08 Å². The van der Waals surface area contributed by atoms with Crippen molar-refractivity contribution in [3.63, 3.8) is 0 Å². The summed E-state index contributed by atoms with van der Waals surface area (Å²) in [5.41, 5.74) is 0. The van der Waals surface area contributed by atoms with Gasteiger partial charge in [0, 0.05) is 5.25 Å². The molecule has 1 aliphatic heterocycles. The average Bonchev–Trinajstić information content (AvgIpc) is 1.85. The van der Waals surface area contributed by atoms with Gasteiger partial charge in [0.1, 0.15) is 0 Å². The van der Waals surface area contributed by atoms with Crippen LogP contribution in [0.5, 0.6) is 0 Å². The van der Waals surface area contributed by atoms with E-state index in [2.05, 4.69) is 6.92 Å². The lowest BCUT2D eigenvalue weighted by Gasteiger charge is -2.01. The van der Waals surface area contributed by atoms with Crippen LogP contribution in [0.2, 0.25) is 0 Å². The predicted molar refractivity (Wildman–Crippen MR) is 40.6 cm³/mol. The predicted octanol–water partition coefficient (Wildman–Crippen LogP) is 2.81. The summed E-state index contributed by atoms with van der Waals surface area (Å²) in [5, 5.41) is 0.580. The molecule has 0 N–H and O–H groups in total. The van der Waals surface area contributed by atoms with Crippen LogP contribution in [-0.4, -0.2) is 10.6 Å². The molecule has 0 aromatic rings. The molecule has 0 aromatic heterocycles. The number of rotatable bonds is 0. The zero-order valence-electron chi connectivity index (χ0n) is 4.40. The fraction of sp³-hybridized carbons (Fsp3) is 0.600. The van der Waals surface area contributed by atoms with Gasteiger partial charge in [0.2, 0.25) is 0 Å². The third-order valence-corrected chi connectivity index (χ3v) is 3.11. The molecule has 0 aromatic carbocycles. The van der Waals surface area contributed by atoms with Crippen molar-refractivity contribution in [2.24, 2.45) is 0 Å². The van der Waals surface area contributed by atoms with Crippen molar-refractivity contribution in [2.75, 3.05) is 0 Å². The summed E-state index contributed by atoms with van der Waals surface area (Å²) in [7, 11) is 0. The van der Waals surface area contributed by atoms with E-state index in [1.165, 1.54) is 0 Å². The van der Waals surface area contributed by atoms with Gasteiger partial charge < -0.3 is 0 Å². The summed E-state index contributed by atoms with van der Waals surface area (Å²) in [6.07, 6.45) is 1.87. The summed E-state index contributed by atoms with van der Waals surface area (Å²) in [4.78, 5) is 0. The van der Waals surface area contributed by atoms with E-state index in [9.17, 15) is 0 Å². The van der Waals surface area contributed by atoms with Crippen molar-refractivity contribution in [3.05, 3.63) is 10.4 Å².